The van der Waals surface area contributed by atoms with Crippen molar-refractivity contribution >= 4 is 10.0 Å². The summed E-state index contributed by atoms with van der Waals surface area (Å²) >= 11 is 0. The summed E-state index contributed by atoms with van der Waals surface area (Å²) in [6.45, 7) is 5.84. The van der Waals surface area contributed by atoms with Crippen LogP contribution in [0.15, 0.2) is 12.2 Å². The second kappa shape index (κ2) is 4.91. The smallest absolute Gasteiger partial charge is 0.218 e. The molecule has 1 aliphatic heterocycles. The van der Waals surface area contributed by atoms with Crippen molar-refractivity contribution in [2.45, 2.75) is 19.9 Å². The summed E-state index contributed by atoms with van der Waals surface area (Å²) < 4.78 is 25.2. The molecule has 0 aromatic rings. The Bertz CT molecular complexity index is 298. The largest absolute Gasteiger partial charge is 0.314 e. The fourth-order valence-electron chi connectivity index (χ4n) is 1.55. The van der Waals surface area contributed by atoms with Crippen LogP contribution in [0.5, 0.6) is 0 Å². The topological polar surface area (TPSA) is 49.4 Å². The molecule has 0 amide bonds. The van der Waals surface area contributed by atoms with Gasteiger partial charge in [-0.2, -0.15) is 4.31 Å². The molecule has 1 saturated heterocycles. The Balaban J connectivity index is 2.69. The van der Waals surface area contributed by atoms with E-state index < -0.39 is 10.0 Å². The number of rotatable bonds is 3. The SMILES string of the molecule is C/C=C/CS(=O)(=O)N1CCNC[C@H]1C. The van der Waals surface area contributed by atoms with Gasteiger partial charge in [-0.25, -0.2) is 8.42 Å². The molecule has 1 rings (SSSR count). The minimum Gasteiger partial charge on any atom is -0.314 e. The molecule has 0 spiro atoms. The Hall–Kier alpha value is -0.390. The van der Waals surface area contributed by atoms with E-state index in [-0.39, 0.29) is 11.8 Å². The van der Waals surface area contributed by atoms with Gasteiger partial charge in [-0.15, -0.1) is 0 Å². The first kappa shape index (κ1) is 11.7. The summed E-state index contributed by atoms with van der Waals surface area (Å²) in [5, 5.41) is 3.17. The summed E-state index contributed by atoms with van der Waals surface area (Å²) in [6, 6.07) is 0.0685. The Morgan fingerprint density at radius 2 is 2.29 bits per heavy atom. The molecule has 0 aromatic heterocycles. The molecule has 5 heteroatoms. The first-order valence-electron chi connectivity index (χ1n) is 4.89. The first-order chi connectivity index (χ1) is 6.58. The maximum atomic E-state index is 11.8. The summed E-state index contributed by atoms with van der Waals surface area (Å²) in [5.41, 5.74) is 0. The zero-order valence-electron chi connectivity index (χ0n) is 8.73. The van der Waals surface area contributed by atoms with Crippen LogP contribution in [0.4, 0.5) is 0 Å². The predicted octanol–water partition coefficient (Wildman–Crippen LogP) is 0.186. The second-order valence-electron chi connectivity index (χ2n) is 3.51. The lowest BCUT2D eigenvalue weighted by atomic mass is 10.3. The highest BCUT2D eigenvalue weighted by Crippen LogP contribution is 2.09. The van der Waals surface area contributed by atoms with Gasteiger partial charge in [-0.3, -0.25) is 0 Å². The highest BCUT2D eigenvalue weighted by atomic mass is 32.2. The lowest BCUT2D eigenvalue weighted by Gasteiger charge is -2.32. The van der Waals surface area contributed by atoms with Gasteiger partial charge in [0, 0.05) is 25.7 Å². The van der Waals surface area contributed by atoms with Gasteiger partial charge in [0.1, 0.15) is 0 Å². The maximum absolute atomic E-state index is 11.8. The van der Waals surface area contributed by atoms with Crippen LogP contribution in [0.1, 0.15) is 13.8 Å². The number of hydrogen-bond acceptors (Lipinski definition) is 3. The van der Waals surface area contributed by atoms with E-state index in [0.29, 0.717) is 6.54 Å². The van der Waals surface area contributed by atoms with E-state index in [1.807, 2.05) is 13.8 Å². The number of sulfonamides is 1. The van der Waals surface area contributed by atoms with Gasteiger partial charge in [-0.1, -0.05) is 12.2 Å². The fraction of sp³-hybridized carbons (Fsp3) is 0.778. The van der Waals surface area contributed by atoms with E-state index in [9.17, 15) is 8.42 Å². The summed E-state index contributed by atoms with van der Waals surface area (Å²) in [4.78, 5) is 0. The van der Waals surface area contributed by atoms with Crippen LogP contribution in [-0.4, -0.2) is 44.2 Å². The zero-order chi connectivity index (χ0) is 10.6. The molecule has 1 fully saturated rings. The quantitative estimate of drug-likeness (QED) is 0.688. The van der Waals surface area contributed by atoms with Gasteiger partial charge in [0.05, 0.1) is 5.75 Å². The molecule has 0 aromatic carbocycles. The average molecular weight is 218 g/mol. The highest BCUT2D eigenvalue weighted by molar-refractivity contribution is 7.89. The van der Waals surface area contributed by atoms with E-state index >= 15 is 0 Å². The molecule has 0 unspecified atom stereocenters. The van der Waals surface area contributed by atoms with E-state index in [4.69, 9.17) is 0 Å². The second-order valence-corrected chi connectivity index (χ2v) is 5.48. The van der Waals surface area contributed by atoms with Crippen LogP contribution in [0.2, 0.25) is 0 Å². The van der Waals surface area contributed by atoms with Crippen molar-refractivity contribution in [3.8, 4) is 0 Å². The van der Waals surface area contributed by atoms with Crippen LogP contribution in [0, 0.1) is 0 Å². The Morgan fingerprint density at radius 3 is 2.86 bits per heavy atom. The van der Waals surface area contributed by atoms with E-state index in [1.165, 1.54) is 0 Å². The van der Waals surface area contributed by atoms with Crippen molar-refractivity contribution in [2.75, 3.05) is 25.4 Å². The Morgan fingerprint density at radius 1 is 1.57 bits per heavy atom. The van der Waals surface area contributed by atoms with Crippen molar-refractivity contribution in [2.24, 2.45) is 0 Å². The summed E-state index contributed by atoms with van der Waals surface area (Å²) in [7, 11) is -3.09. The van der Waals surface area contributed by atoms with Crippen LogP contribution >= 0.6 is 0 Å². The predicted molar refractivity (Wildman–Crippen MR) is 57.6 cm³/mol. The molecule has 0 saturated carbocycles. The number of allylic oxidation sites excluding steroid dienone is 1. The molecule has 1 aliphatic rings. The average Bonchev–Trinajstić information content (AvgIpc) is 2.15. The van der Waals surface area contributed by atoms with Crippen molar-refractivity contribution in [3.05, 3.63) is 12.2 Å². The molecule has 4 nitrogen and oxygen atoms in total. The molecule has 82 valence electrons. The zero-order valence-corrected chi connectivity index (χ0v) is 9.55. The third-order valence-corrected chi connectivity index (χ3v) is 4.21. The first-order valence-corrected chi connectivity index (χ1v) is 6.50. The lowest BCUT2D eigenvalue weighted by Crippen LogP contribution is -2.52. The monoisotopic (exact) mass is 218 g/mol. The molecule has 0 aliphatic carbocycles. The molecule has 1 atom stereocenters. The van der Waals surface area contributed by atoms with Gasteiger partial charge in [0.25, 0.3) is 0 Å². The van der Waals surface area contributed by atoms with Gasteiger partial charge in [0.2, 0.25) is 10.0 Å². The number of nitrogens with zero attached hydrogens (tertiary/aromatic N) is 1. The molecule has 0 radical (unpaired) electrons. The molecule has 14 heavy (non-hydrogen) atoms. The standard InChI is InChI=1S/C9H18N2O2S/c1-3-4-7-14(12,13)11-6-5-10-8-9(11)2/h3-4,9-10H,5-8H2,1-2H3/b4-3+/t9-/m1/s1. The van der Waals surface area contributed by atoms with Crippen molar-refractivity contribution in [3.63, 3.8) is 0 Å². The third kappa shape index (κ3) is 2.80. The molecule has 1 heterocycles. The minimum absolute atomic E-state index is 0.0685. The van der Waals surface area contributed by atoms with Crippen LogP contribution in [-0.2, 0) is 10.0 Å². The Labute approximate surface area is 86.0 Å². The normalized spacial score (nSPS) is 25.7. The number of piperazine rings is 1. The Kier molecular flexibility index (Phi) is 4.10. The van der Waals surface area contributed by atoms with Gasteiger partial charge >= 0.3 is 0 Å². The third-order valence-electron chi connectivity index (χ3n) is 2.34. The molecule has 1 N–H and O–H groups in total. The minimum atomic E-state index is -3.09. The highest BCUT2D eigenvalue weighted by Gasteiger charge is 2.27. The van der Waals surface area contributed by atoms with E-state index in [1.54, 1.807) is 16.5 Å². The molecular formula is C9H18N2O2S. The molecule has 0 bridgehead atoms. The lowest BCUT2D eigenvalue weighted by molar-refractivity contribution is 0.284. The van der Waals surface area contributed by atoms with Crippen LogP contribution < -0.4 is 5.32 Å². The van der Waals surface area contributed by atoms with Crippen molar-refractivity contribution < 1.29 is 8.42 Å². The summed E-state index contributed by atoms with van der Waals surface area (Å²) in [5.74, 6) is 0.119. The van der Waals surface area contributed by atoms with Gasteiger partial charge in [-0.05, 0) is 13.8 Å². The van der Waals surface area contributed by atoms with Crippen molar-refractivity contribution in [1.29, 1.82) is 0 Å². The van der Waals surface area contributed by atoms with Crippen molar-refractivity contribution in [1.82, 2.24) is 9.62 Å². The number of hydrogen-bond donors (Lipinski definition) is 1. The fourth-order valence-corrected chi connectivity index (χ4v) is 3.17. The number of nitrogens with one attached hydrogen (secondary N) is 1. The van der Waals surface area contributed by atoms with Crippen LogP contribution in [0.3, 0.4) is 0 Å². The van der Waals surface area contributed by atoms with Crippen LogP contribution in [0.25, 0.3) is 0 Å². The van der Waals surface area contributed by atoms with E-state index in [0.717, 1.165) is 13.1 Å². The van der Waals surface area contributed by atoms with Gasteiger partial charge in [0.15, 0.2) is 0 Å². The summed E-state index contributed by atoms with van der Waals surface area (Å²) in [6.07, 6.45) is 3.45. The van der Waals surface area contributed by atoms with E-state index in [2.05, 4.69) is 5.32 Å². The maximum Gasteiger partial charge on any atom is 0.218 e. The molecular weight excluding hydrogens is 200 g/mol. The van der Waals surface area contributed by atoms with Gasteiger partial charge < -0.3 is 5.32 Å².